The number of unbranched alkanes of at least 4 members (excludes halogenated alkanes) is 5. The van der Waals surface area contributed by atoms with Crippen LogP contribution in [0.25, 0.3) is 0 Å². The number of rotatable bonds is 10. The predicted molar refractivity (Wildman–Crippen MR) is 119 cm³/mol. The summed E-state index contributed by atoms with van der Waals surface area (Å²) < 4.78 is 37.5. The molecule has 1 aromatic rings. The summed E-state index contributed by atoms with van der Waals surface area (Å²) in [4.78, 5) is 59.1. The molecule has 1 saturated heterocycles. The molecule has 0 aromatic heterocycles. The molecule has 36 heavy (non-hydrogen) atoms. The van der Waals surface area contributed by atoms with E-state index in [-0.39, 0.29) is 24.0 Å². The minimum Gasteiger partial charge on any atom is -0.493 e. The van der Waals surface area contributed by atoms with Crippen molar-refractivity contribution in [2.45, 2.75) is 63.6 Å². The average molecular weight is 515 g/mol. The zero-order chi connectivity index (χ0) is 26.9. The zero-order valence-electron chi connectivity index (χ0n) is 19.4. The molecule has 1 fully saturated rings. The molecule has 0 aliphatic carbocycles. The van der Waals surface area contributed by atoms with Gasteiger partial charge in [0, 0.05) is 6.42 Å². The Hall–Kier alpha value is -3.48. The van der Waals surface area contributed by atoms with Crippen LogP contribution in [0.1, 0.15) is 72.1 Å². The molecular weight excluding hydrogens is 487 g/mol. The third-order valence-corrected chi connectivity index (χ3v) is 5.53. The lowest BCUT2D eigenvalue weighted by atomic mass is 10.0. The number of fused-ring (bicyclic) bond motifs is 1. The van der Waals surface area contributed by atoms with Crippen LogP contribution in [0.3, 0.4) is 0 Å². The van der Waals surface area contributed by atoms with Crippen LogP contribution >= 0.6 is 0 Å². The van der Waals surface area contributed by atoms with Crippen LogP contribution in [0.15, 0.2) is 18.2 Å². The van der Waals surface area contributed by atoms with E-state index in [9.17, 15) is 32.3 Å². The number of halogens is 3. The molecule has 13 heteroatoms. The zero-order valence-corrected chi connectivity index (χ0v) is 19.4. The first-order valence-electron chi connectivity index (χ1n) is 11.5. The number of hydrogen-bond acceptors (Lipinski definition) is 7. The van der Waals surface area contributed by atoms with Crippen molar-refractivity contribution in [2.75, 3.05) is 13.2 Å². The number of carbonyl (C=O) groups excluding carboxylic acids is 4. The van der Waals surface area contributed by atoms with Crippen LogP contribution in [0.4, 0.5) is 13.2 Å². The Morgan fingerprint density at radius 3 is 2.25 bits per heavy atom. The van der Waals surface area contributed by atoms with Gasteiger partial charge in [0.25, 0.3) is 11.8 Å². The topological polar surface area (TPSA) is 156 Å². The molecule has 2 aliphatic heterocycles. The fraction of sp³-hybridized carbons (Fsp3) is 0.522. The van der Waals surface area contributed by atoms with Crippen molar-refractivity contribution in [2.24, 2.45) is 5.73 Å². The van der Waals surface area contributed by atoms with Gasteiger partial charge in [0.15, 0.2) is 0 Å². The number of nitrogens with zero attached hydrogens (tertiary/aromatic N) is 1. The third kappa shape index (κ3) is 7.51. The second-order valence-electron chi connectivity index (χ2n) is 8.19. The maximum atomic E-state index is 12.9. The first kappa shape index (κ1) is 28.8. The summed E-state index contributed by atoms with van der Waals surface area (Å²) in [6.07, 6.45) is 1.46. The lowest BCUT2D eigenvalue weighted by Gasteiger charge is -2.27. The van der Waals surface area contributed by atoms with Gasteiger partial charge in [-0.2, -0.15) is 13.2 Å². The number of imide groups is 2. The van der Waals surface area contributed by atoms with Crippen LogP contribution in [0, 0.1) is 0 Å². The Kier molecular flexibility index (Phi) is 10.4. The first-order chi connectivity index (χ1) is 17.0. The Bertz CT molecular complexity index is 998. The molecule has 10 nitrogen and oxygen atoms in total. The SMILES string of the molecule is NCCCCCCCCOc1cccc2c1C(=O)N(C1CCC(=O)NC1=O)C2=O.O=C(O)C(F)(F)F. The van der Waals surface area contributed by atoms with E-state index in [0.29, 0.717) is 12.4 Å². The number of nitrogens with one attached hydrogen (secondary N) is 1. The summed E-state index contributed by atoms with van der Waals surface area (Å²) in [5, 5.41) is 9.32. The van der Waals surface area contributed by atoms with Gasteiger partial charge in [-0.05, 0) is 37.9 Å². The molecular formula is C23H28F3N3O7. The van der Waals surface area contributed by atoms with Crippen LogP contribution in [-0.4, -0.2) is 65.0 Å². The maximum absolute atomic E-state index is 12.9. The van der Waals surface area contributed by atoms with Gasteiger partial charge in [0.1, 0.15) is 11.8 Å². The smallest absolute Gasteiger partial charge is 0.490 e. The molecule has 3 rings (SSSR count). The van der Waals surface area contributed by atoms with Crippen molar-refractivity contribution in [1.29, 1.82) is 0 Å². The molecule has 1 unspecified atom stereocenters. The molecule has 4 amide bonds. The van der Waals surface area contributed by atoms with Crippen molar-refractivity contribution in [3.05, 3.63) is 29.3 Å². The first-order valence-corrected chi connectivity index (χ1v) is 11.5. The van der Waals surface area contributed by atoms with E-state index in [0.717, 1.165) is 50.0 Å². The quantitative estimate of drug-likeness (QED) is 0.317. The molecule has 1 atom stereocenters. The number of piperidine rings is 1. The monoisotopic (exact) mass is 515 g/mol. The van der Waals surface area contributed by atoms with Gasteiger partial charge in [0.05, 0.1) is 17.7 Å². The second kappa shape index (κ2) is 13.0. The summed E-state index contributed by atoms with van der Waals surface area (Å²) in [5.41, 5.74) is 5.91. The predicted octanol–water partition coefficient (Wildman–Crippen LogP) is 2.40. The summed E-state index contributed by atoms with van der Waals surface area (Å²) >= 11 is 0. The highest BCUT2D eigenvalue weighted by atomic mass is 19.4. The summed E-state index contributed by atoms with van der Waals surface area (Å²) in [6.45, 7) is 1.18. The van der Waals surface area contributed by atoms with Crippen LogP contribution in [0.2, 0.25) is 0 Å². The number of nitrogens with two attached hydrogens (primary N) is 1. The van der Waals surface area contributed by atoms with Crippen molar-refractivity contribution in [1.82, 2.24) is 10.2 Å². The number of carbonyl (C=O) groups is 5. The minimum atomic E-state index is -5.08. The summed E-state index contributed by atoms with van der Waals surface area (Å²) in [6, 6.07) is 3.92. The molecule has 2 aliphatic rings. The highest BCUT2D eigenvalue weighted by molar-refractivity contribution is 6.24. The van der Waals surface area contributed by atoms with E-state index in [1.165, 1.54) is 0 Å². The second-order valence-corrected chi connectivity index (χ2v) is 8.19. The summed E-state index contributed by atoms with van der Waals surface area (Å²) in [7, 11) is 0. The lowest BCUT2D eigenvalue weighted by Crippen LogP contribution is -2.54. The number of aliphatic carboxylic acids is 1. The van der Waals surface area contributed by atoms with E-state index in [1.54, 1.807) is 18.2 Å². The van der Waals surface area contributed by atoms with Gasteiger partial charge in [0.2, 0.25) is 11.8 Å². The fourth-order valence-electron chi connectivity index (χ4n) is 3.74. The van der Waals surface area contributed by atoms with Crippen LogP contribution in [0.5, 0.6) is 5.75 Å². The van der Waals surface area contributed by atoms with Crippen LogP contribution in [-0.2, 0) is 14.4 Å². The van der Waals surface area contributed by atoms with E-state index in [4.69, 9.17) is 20.4 Å². The van der Waals surface area contributed by atoms with Crippen molar-refractivity contribution >= 4 is 29.6 Å². The molecule has 0 bridgehead atoms. The van der Waals surface area contributed by atoms with Crippen molar-refractivity contribution < 1.29 is 47.0 Å². The summed E-state index contributed by atoms with van der Waals surface area (Å²) in [5.74, 6) is -4.48. The number of carboxylic acids is 1. The normalized spacial score (nSPS) is 17.3. The third-order valence-electron chi connectivity index (χ3n) is 5.53. The fourth-order valence-corrected chi connectivity index (χ4v) is 3.74. The van der Waals surface area contributed by atoms with Gasteiger partial charge >= 0.3 is 12.1 Å². The molecule has 0 saturated carbocycles. The molecule has 198 valence electrons. The Balaban J connectivity index is 0.000000572. The van der Waals surface area contributed by atoms with E-state index in [2.05, 4.69) is 5.32 Å². The van der Waals surface area contributed by atoms with Gasteiger partial charge < -0.3 is 15.6 Å². The van der Waals surface area contributed by atoms with Gasteiger partial charge in [-0.15, -0.1) is 0 Å². The molecule has 1 aromatic carbocycles. The standard InChI is InChI=1S/C21H27N3O5.C2HF3O2/c22-12-5-3-1-2-4-6-13-29-16-9-7-8-14-18(16)21(28)24(20(14)27)15-10-11-17(25)23-19(15)26;3-2(4,5)1(6)7/h7-9,15H,1-6,10-13,22H2,(H,23,25,26);(H,6,7). The average Bonchev–Trinajstić information content (AvgIpc) is 3.06. The number of carboxylic acid groups (broad SMARTS) is 1. The molecule has 0 radical (unpaired) electrons. The van der Waals surface area contributed by atoms with Crippen molar-refractivity contribution in [3.63, 3.8) is 0 Å². The van der Waals surface area contributed by atoms with E-state index >= 15 is 0 Å². The Labute approximate surface area is 204 Å². The van der Waals surface area contributed by atoms with Gasteiger partial charge in [-0.3, -0.25) is 29.4 Å². The number of alkyl halides is 3. The molecule has 4 N–H and O–H groups in total. The number of ether oxygens (including phenoxy) is 1. The van der Waals surface area contributed by atoms with Crippen LogP contribution < -0.4 is 15.8 Å². The Morgan fingerprint density at radius 1 is 1.06 bits per heavy atom. The lowest BCUT2D eigenvalue weighted by molar-refractivity contribution is -0.192. The highest BCUT2D eigenvalue weighted by Crippen LogP contribution is 2.33. The van der Waals surface area contributed by atoms with Crippen molar-refractivity contribution in [3.8, 4) is 5.75 Å². The minimum absolute atomic E-state index is 0.0957. The molecule has 2 heterocycles. The number of benzene rings is 1. The van der Waals surface area contributed by atoms with E-state index in [1.807, 2.05) is 0 Å². The Morgan fingerprint density at radius 2 is 1.67 bits per heavy atom. The highest BCUT2D eigenvalue weighted by Gasteiger charge is 2.46. The largest absolute Gasteiger partial charge is 0.493 e. The number of amides is 4. The maximum Gasteiger partial charge on any atom is 0.490 e. The molecule has 0 spiro atoms. The number of hydrogen-bond donors (Lipinski definition) is 3. The van der Waals surface area contributed by atoms with Gasteiger partial charge in [-0.25, -0.2) is 4.79 Å². The van der Waals surface area contributed by atoms with E-state index < -0.39 is 41.8 Å². The van der Waals surface area contributed by atoms with Gasteiger partial charge in [-0.1, -0.05) is 31.7 Å².